The first-order valence-corrected chi connectivity index (χ1v) is 5.60. The summed E-state index contributed by atoms with van der Waals surface area (Å²) in [5, 5.41) is 9.41. The predicted molar refractivity (Wildman–Crippen MR) is 61.6 cm³/mol. The molecule has 17 heavy (non-hydrogen) atoms. The van der Waals surface area contributed by atoms with E-state index < -0.39 is 26.5 Å². The van der Waals surface area contributed by atoms with Gasteiger partial charge < -0.3 is 9.84 Å². The van der Waals surface area contributed by atoms with Crippen molar-refractivity contribution in [1.29, 1.82) is 0 Å². The number of phenolic OH excluding ortho intramolecular Hbond substituents is 1. The van der Waals surface area contributed by atoms with Crippen LogP contribution >= 0.6 is 0 Å². The Bertz CT molecular complexity index is 537. The van der Waals surface area contributed by atoms with E-state index in [9.17, 15) is 18.3 Å². The molecular weight excluding hydrogens is 259 g/mol. The van der Waals surface area contributed by atoms with Crippen LogP contribution < -0.4 is 4.74 Å². The van der Waals surface area contributed by atoms with Crippen LogP contribution in [0.5, 0.6) is 11.5 Å². The van der Waals surface area contributed by atoms with E-state index in [1.165, 1.54) is 7.11 Å². The number of hydrogen-bond donors (Lipinski definition) is 2. The van der Waals surface area contributed by atoms with Crippen LogP contribution in [0.3, 0.4) is 0 Å². The van der Waals surface area contributed by atoms with Gasteiger partial charge in [-0.3, -0.25) is 9.35 Å². The molecule has 1 rings (SSSR count). The quantitative estimate of drug-likeness (QED) is 0.462. The van der Waals surface area contributed by atoms with Gasteiger partial charge in [-0.2, -0.15) is 8.42 Å². The minimum absolute atomic E-state index is 0. The van der Waals surface area contributed by atoms with Gasteiger partial charge in [-0.15, -0.1) is 0 Å². The molecule has 0 aliphatic carbocycles. The van der Waals surface area contributed by atoms with Crippen molar-refractivity contribution in [2.75, 3.05) is 7.11 Å². The van der Waals surface area contributed by atoms with E-state index in [2.05, 4.69) is 4.74 Å². The molecule has 0 bridgehead atoms. The van der Waals surface area contributed by atoms with E-state index in [-0.39, 0.29) is 40.9 Å². The van der Waals surface area contributed by atoms with Crippen LogP contribution in [0.1, 0.15) is 17.3 Å². The summed E-state index contributed by atoms with van der Waals surface area (Å²) in [5.74, 6) is -1.16. The van der Waals surface area contributed by atoms with E-state index in [1.54, 1.807) is 0 Å². The zero-order valence-corrected chi connectivity index (χ0v) is 9.41. The molecule has 0 fully saturated rings. The molecule has 0 amide bonds. The molecule has 0 saturated carbocycles. The molecule has 6 nitrogen and oxygen atoms in total. The topological polar surface area (TPSA) is 101 Å². The Balaban J connectivity index is 0.00000256. The van der Waals surface area contributed by atoms with E-state index in [1.807, 2.05) is 0 Å². The second kappa shape index (κ2) is 5.83. The third-order valence-electron chi connectivity index (χ3n) is 1.94. The number of rotatable bonds is 3. The Labute approximate surface area is 121 Å². The molecule has 0 aliphatic heterocycles. The summed E-state index contributed by atoms with van der Waals surface area (Å²) in [4.78, 5) is 10.5. The van der Waals surface area contributed by atoms with Crippen LogP contribution in [0.25, 0.3) is 0 Å². The molecule has 8 heteroatoms. The first-order valence-electron chi connectivity index (χ1n) is 4.16. The van der Waals surface area contributed by atoms with Crippen LogP contribution in [-0.2, 0) is 10.1 Å². The van der Waals surface area contributed by atoms with Gasteiger partial charge in [0.05, 0.1) is 12.7 Å². The molecule has 0 saturated heterocycles. The first kappa shape index (κ1) is 16.4. The third kappa shape index (κ3) is 3.68. The van der Waals surface area contributed by atoms with Gasteiger partial charge in [-0.1, -0.05) is 0 Å². The fraction of sp³-hybridized carbons (Fsp3) is 0.222. The normalized spacial score (nSPS) is 10.5. The average molecular weight is 270 g/mol. The van der Waals surface area contributed by atoms with Gasteiger partial charge in [0.2, 0.25) is 0 Å². The van der Waals surface area contributed by atoms with Crippen molar-refractivity contribution < 1.29 is 27.6 Å². The van der Waals surface area contributed by atoms with Crippen molar-refractivity contribution in [3.8, 4) is 11.5 Å². The molecular formula is C9H11NaO6S. The maximum absolute atomic E-state index is 11.1. The Morgan fingerprint density at radius 3 is 2.24 bits per heavy atom. The van der Waals surface area contributed by atoms with Gasteiger partial charge in [0.1, 0.15) is 16.4 Å². The Morgan fingerprint density at radius 1 is 1.35 bits per heavy atom. The fourth-order valence-electron chi connectivity index (χ4n) is 1.19. The second-order valence-electron chi connectivity index (χ2n) is 3.05. The first-order chi connectivity index (χ1) is 7.27. The van der Waals surface area contributed by atoms with Crippen LogP contribution in [-0.4, -0.2) is 60.5 Å². The molecule has 0 spiro atoms. The number of ketones is 1. The molecule has 0 radical (unpaired) electrons. The second-order valence-corrected chi connectivity index (χ2v) is 4.44. The molecule has 0 atom stereocenters. The molecule has 2 N–H and O–H groups in total. The fourth-order valence-corrected chi connectivity index (χ4v) is 1.86. The van der Waals surface area contributed by atoms with E-state index in [4.69, 9.17) is 4.55 Å². The number of aromatic hydroxyl groups is 1. The number of benzene rings is 1. The van der Waals surface area contributed by atoms with Crippen molar-refractivity contribution in [2.24, 2.45) is 0 Å². The number of carbonyl (C=O) groups excluding carboxylic acids is 1. The van der Waals surface area contributed by atoms with Crippen LogP contribution in [0, 0.1) is 0 Å². The number of Topliss-reactive ketones (excluding diaryl/α,β-unsaturated/α-hetero) is 1. The molecule has 1 aromatic carbocycles. The SMILES string of the molecule is COc1cc(O)c(C(C)=O)cc1S(=O)(=O)O.[NaH]. The molecule has 0 unspecified atom stereocenters. The maximum atomic E-state index is 11.1. The molecule has 90 valence electrons. The monoisotopic (exact) mass is 270 g/mol. The van der Waals surface area contributed by atoms with E-state index >= 15 is 0 Å². The van der Waals surface area contributed by atoms with Crippen LogP contribution in [0.2, 0.25) is 0 Å². The number of carbonyl (C=O) groups is 1. The number of ether oxygens (including phenoxy) is 1. The number of hydrogen-bond acceptors (Lipinski definition) is 5. The van der Waals surface area contributed by atoms with Gasteiger partial charge in [0.25, 0.3) is 10.1 Å². The Morgan fingerprint density at radius 2 is 1.88 bits per heavy atom. The summed E-state index contributed by atoms with van der Waals surface area (Å²) >= 11 is 0. The molecule has 0 aromatic heterocycles. The average Bonchev–Trinajstić information content (AvgIpc) is 2.14. The van der Waals surface area contributed by atoms with Crippen molar-refractivity contribution >= 4 is 45.5 Å². The number of phenols is 1. The zero-order chi connectivity index (χ0) is 12.5. The van der Waals surface area contributed by atoms with Crippen LogP contribution in [0.15, 0.2) is 17.0 Å². The van der Waals surface area contributed by atoms with Gasteiger partial charge >= 0.3 is 29.6 Å². The molecule has 0 heterocycles. The van der Waals surface area contributed by atoms with E-state index in [0.717, 1.165) is 19.1 Å². The van der Waals surface area contributed by atoms with Crippen molar-refractivity contribution in [1.82, 2.24) is 0 Å². The predicted octanol–water partition coefficient (Wildman–Crippen LogP) is 0.202. The van der Waals surface area contributed by atoms with Gasteiger partial charge in [-0.25, -0.2) is 0 Å². The molecule has 0 aliphatic rings. The minimum atomic E-state index is -4.51. The number of methoxy groups -OCH3 is 1. The van der Waals surface area contributed by atoms with Gasteiger partial charge in [-0.05, 0) is 13.0 Å². The zero-order valence-electron chi connectivity index (χ0n) is 8.59. The van der Waals surface area contributed by atoms with Crippen LogP contribution in [0.4, 0.5) is 0 Å². The Kier molecular flexibility index (Phi) is 5.63. The summed E-state index contributed by atoms with van der Waals surface area (Å²) in [6.07, 6.45) is 0. The van der Waals surface area contributed by atoms with Crippen molar-refractivity contribution in [2.45, 2.75) is 11.8 Å². The Hall–Kier alpha value is -0.600. The molecule has 1 aromatic rings. The summed E-state index contributed by atoms with van der Waals surface area (Å²) in [6, 6.07) is 1.83. The van der Waals surface area contributed by atoms with Gasteiger partial charge in [0.15, 0.2) is 5.78 Å². The third-order valence-corrected chi connectivity index (χ3v) is 2.81. The van der Waals surface area contributed by atoms with E-state index in [0.29, 0.717) is 0 Å². The standard InChI is InChI=1S/C9H10O6S.Na.H/c1-5(10)6-3-9(16(12,13)14)8(15-2)4-7(6)11;;/h3-4,11H,1-2H3,(H,12,13,14);;. The van der Waals surface area contributed by atoms with Crippen molar-refractivity contribution in [3.63, 3.8) is 0 Å². The van der Waals surface area contributed by atoms with Crippen molar-refractivity contribution in [3.05, 3.63) is 17.7 Å². The summed E-state index contributed by atoms with van der Waals surface area (Å²) in [7, 11) is -3.33. The summed E-state index contributed by atoms with van der Waals surface area (Å²) in [5.41, 5.74) is -0.201. The van der Waals surface area contributed by atoms with Gasteiger partial charge in [0, 0.05) is 6.07 Å². The summed E-state index contributed by atoms with van der Waals surface area (Å²) < 4.78 is 35.5. The summed E-state index contributed by atoms with van der Waals surface area (Å²) in [6.45, 7) is 1.16.